The van der Waals surface area contributed by atoms with Crippen LogP contribution < -0.4 is 9.47 Å². The van der Waals surface area contributed by atoms with E-state index in [-0.39, 0.29) is 11.4 Å². The number of ether oxygens (including phenoxy) is 2. The smallest absolute Gasteiger partial charge is 0.276 e. The van der Waals surface area contributed by atoms with Gasteiger partial charge in [-0.15, -0.1) is 0 Å². The van der Waals surface area contributed by atoms with Crippen LogP contribution in [-0.2, 0) is 6.42 Å². The summed E-state index contributed by atoms with van der Waals surface area (Å²) in [5, 5.41) is 21.8. The first kappa shape index (κ1) is 18.9. The van der Waals surface area contributed by atoms with E-state index in [0.717, 1.165) is 11.6 Å². The van der Waals surface area contributed by atoms with E-state index in [1.807, 2.05) is 24.3 Å². The summed E-state index contributed by atoms with van der Waals surface area (Å²) in [7, 11) is 3.13. The molecule has 0 heterocycles. The van der Waals surface area contributed by atoms with Crippen molar-refractivity contribution in [3.8, 4) is 11.5 Å². The maximum absolute atomic E-state index is 10.9. The van der Waals surface area contributed by atoms with Crippen LogP contribution in [0, 0.1) is 20.2 Å². The number of rotatable bonds is 8. The second kappa shape index (κ2) is 8.61. The number of nitro groups is 2. The zero-order valence-corrected chi connectivity index (χ0v) is 14.4. The Morgan fingerprint density at radius 3 is 2.08 bits per heavy atom. The van der Waals surface area contributed by atoms with E-state index in [0.29, 0.717) is 29.9 Å². The van der Waals surface area contributed by atoms with Crippen LogP contribution in [0.1, 0.15) is 17.5 Å². The van der Waals surface area contributed by atoms with Gasteiger partial charge in [-0.05, 0) is 36.1 Å². The molecule has 2 aromatic carbocycles. The number of allylic oxidation sites excluding steroid dienone is 1. The molecule has 0 saturated carbocycles. The van der Waals surface area contributed by atoms with Gasteiger partial charge in [-0.2, -0.15) is 0 Å². The zero-order valence-electron chi connectivity index (χ0n) is 14.4. The van der Waals surface area contributed by atoms with Crippen molar-refractivity contribution >= 4 is 17.5 Å². The van der Waals surface area contributed by atoms with Gasteiger partial charge in [0.2, 0.25) is 0 Å². The average Bonchev–Trinajstić information content (AvgIpc) is 2.64. The first-order chi connectivity index (χ1) is 12.4. The third kappa shape index (κ3) is 4.79. The van der Waals surface area contributed by atoms with Crippen LogP contribution in [0.4, 0.5) is 11.4 Å². The molecule has 0 radical (unpaired) electrons. The molecule has 0 unspecified atom stereocenters. The summed E-state index contributed by atoms with van der Waals surface area (Å²) in [4.78, 5) is 20.5. The lowest BCUT2D eigenvalue weighted by Crippen LogP contribution is -1.93. The molecule has 0 aliphatic rings. The summed E-state index contributed by atoms with van der Waals surface area (Å²) in [5.41, 5.74) is 0.841. The zero-order chi connectivity index (χ0) is 19.1. The van der Waals surface area contributed by atoms with Gasteiger partial charge < -0.3 is 9.47 Å². The number of non-ortho nitro benzene ring substituents is 2. The lowest BCUT2D eigenvalue weighted by atomic mass is 10.1. The summed E-state index contributed by atoms with van der Waals surface area (Å²) >= 11 is 0. The van der Waals surface area contributed by atoms with Crippen molar-refractivity contribution in [3.05, 3.63) is 73.8 Å². The van der Waals surface area contributed by atoms with Gasteiger partial charge in [-0.1, -0.05) is 18.2 Å². The summed E-state index contributed by atoms with van der Waals surface area (Å²) in [6, 6.07) is 9.18. The van der Waals surface area contributed by atoms with Gasteiger partial charge in [-0.25, -0.2) is 0 Å². The minimum absolute atomic E-state index is 0.307. The second-order valence-electron chi connectivity index (χ2n) is 5.43. The Kier molecular flexibility index (Phi) is 6.26. The Balaban J connectivity index is 2.09. The lowest BCUT2D eigenvalue weighted by Gasteiger charge is -2.08. The van der Waals surface area contributed by atoms with Crippen LogP contribution in [0.15, 0.2) is 42.5 Å². The molecule has 0 amide bonds. The molecule has 0 fully saturated rings. The number of methoxy groups -OCH3 is 2. The molecule has 0 bridgehead atoms. The van der Waals surface area contributed by atoms with Gasteiger partial charge in [0.15, 0.2) is 11.5 Å². The molecular formula is C18H18N2O6. The molecule has 26 heavy (non-hydrogen) atoms. The predicted octanol–water partition coefficient (Wildman–Crippen LogP) is 4.17. The van der Waals surface area contributed by atoms with Gasteiger partial charge in [0.1, 0.15) is 0 Å². The average molecular weight is 358 g/mol. The standard InChI is InChI=1S/C18H18N2O6/c1-25-17-8-7-13(11-18(17)26-2)5-3-4-6-14-9-15(19(21)22)12-16(10-14)20(23)24/h4,6-12H,3,5H2,1-2H3/b6-4+. The Bertz CT molecular complexity index is 815. The largest absolute Gasteiger partial charge is 0.493 e. The fraction of sp³-hybridized carbons (Fsp3) is 0.222. The van der Waals surface area contributed by atoms with Crippen LogP contribution in [0.3, 0.4) is 0 Å². The minimum atomic E-state index is -0.645. The van der Waals surface area contributed by atoms with E-state index in [1.165, 1.54) is 12.1 Å². The first-order valence-electron chi connectivity index (χ1n) is 7.76. The fourth-order valence-corrected chi connectivity index (χ4v) is 2.43. The van der Waals surface area contributed by atoms with Gasteiger partial charge in [0.05, 0.1) is 30.1 Å². The Morgan fingerprint density at radius 1 is 0.923 bits per heavy atom. The molecule has 0 atom stereocenters. The van der Waals surface area contributed by atoms with E-state index in [2.05, 4.69) is 0 Å². The molecule has 0 N–H and O–H groups in total. The van der Waals surface area contributed by atoms with Gasteiger partial charge >= 0.3 is 0 Å². The van der Waals surface area contributed by atoms with Crippen molar-refractivity contribution in [1.82, 2.24) is 0 Å². The molecule has 136 valence electrons. The van der Waals surface area contributed by atoms with Gasteiger partial charge in [0.25, 0.3) is 11.4 Å². The highest BCUT2D eigenvalue weighted by atomic mass is 16.6. The van der Waals surface area contributed by atoms with Crippen molar-refractivity contribution in [2.24, 2.45) is 0 Å². The molecule has 2 aromatic rings. The summed E-state index contributed by atoms with van der Waals surface area (Å²) in [6.45, 7) is 0. The second-order valence-corrected chi connectivity index (χ2v) is 5.43. The summed E-state index contributed by atoms with van der Waals surface area (Å²) in [5.74, 6) is 1.29. The minimum Gasteiger partial charge on any atom is -0.493 e. The Hall–Kier alpha value is -3.42. The molecule has 8 heteroatoms. The van der Waals surface area contributed by atoms with Crippen molar-refractivity contribution in [3.63, 3.8) is 0 Å². The SMILES string of the molecule is COc1ccc(CC/C=C/c2cc([N+](=O)[O-])cc([N+](=O)[O-])c2)cc1OC. The fourth-order valence-electron chi connectivity index (χ4n) is 2.43. The summed E-state index contributed by atoms with van der Waals surface area (Å²) in [6.07, 6.45) is 4.83. The monoisotopic (exact) mass is 358 g/mol. The quantitative estimate of drug-likeness (QED) is 0.518. The predicted molar refractivity (Wildman–Crippen MR) is 96.7 cm³/mol. The number of aryl methyl sites for hydroxylation is 1. The normalized spacial score (nSPS) is 10.7. The maximum Gasteiger partial charge on any atom is 0.276 e. The van der Waals surface area contributed by atoms with Gasteiger partial charge in [-0.3, -0.25) is 20.2 Å². The van der Waals surface area contributed by atoms with E-state index in [4.69, 9.17) is 9.47 Å². The molecule has 8 nitrogen and oxygen atoms in total. The third-order valence-electron chi connectivity index (χ3n) is 3.70. The van der Waals surface area contributed by atoms with Crippen molar-refractivity contribution in [2.45, 2.75) is 12.8 Å². The molecule has 0 aromatic heterocycles. The van der Waals surface area contributed by atoms with Crippen LogP contribution in [0.25, 0.3) is 6.08 Å². The molecule has 0 aliphatic heterocycles. The van der Waals surface area contributed by atoms with Crippen LogP contribution in [-0.4, -0.2) is 24.1 Å². The highest BCUT2D eigenvalue weighted by molar-refractivity contribution is 5.59. The number of benzene rings is 2. The Labute approximate surface area is 150 Å². The van der Waals surface area contributed by atoms with Crippen molar-refractivity contribution < 1.29 is 19.3 Å². The summed E-state index contributed by atoms with van der Waals surface area (Å²) < 4.78 is 10.4. The first-order valence-corrected chi connectivity index (χ1v) is 7.76. The Morgan fingerprint density at radius 2 is 1.54 bits per heavy atom. The van der Waals surface area contributed by atoms with Crippen LogP contribution >= 0.6 is 0 Å². The van der Waals surface area contributed by atoms with E-state index < -0.39 is 9.85 Å². The number of nitro benzene ring substituents is 2. The number of hydrogen-bond donors (Lipinski definition) is 0. The lowest BCUT2D eigenvalue weighted by molar-refractivity contribution is -0.394. The van der Waals surface area contributed by atoms with Crippen LogP contribution in [0.5, 0.6) is 11.5 Å². The number of hydrogen-bond acceptors (Lipinski definition) is 6. The van der Waals surface area contributed by atoms with E-state index >= 15 is 0 Å². The highest BCUT2D eigenvalue weighted by Gasteiger charge is 2.15. The molecule has 0 spiro atoms. The van der Waals surface area contributed by atoms with Crippen molar-refractivity contribution in [1.29, 1.82) is 0 Å². The van der Waals surface area contributed by atoms with Crippen molar-refractivity contribution in [2.75, 3.05) is 14.2 Å². The third-order valence-corrected chi connectivity index (χ3v) is 3.70. The molecule has 0 saturated heterocycles. The molecule has 0 aliphatic carbocycles. The highest BCUT2D eigenvalue weighted by Crippen LogP contribution is 2.28. The van der Waals surface area contributed by atoms with Gasteiger partial charge in [0, 0.05) is 12.1 Å². The topological polar surface area (TPSA) is 105 Å². The van der Waals surface area contributed by atoms with E-state index in [9.17, 15) is 20.2 Å². The maximum atomic E-state index is 10.9. The van der Waals surface area contributed by atoms with E-state index in [1.54, 1.807) is 20.3 Å². The number of nitrogens with zero attached hydrogens (tertiary/aromatic N) is 2. The van der Waals surface area contributed by atoms with Crippen LogP contribution in [0.2, 0.25) is 0 Å². The molecule has 2 rings (SSSR count). The molecular weight excluding hydrogens is 340 g/mol.